The lowest BCUT2D eigenvalue weighted by molar-refractivity contribution is 0.183. The lowest BCUT2D eigenvalue weighted by Crippen LogP contribution is -2.44. The topological polar surface area (TPSA) is 40.1 Å². The highest BCUT2D eigenvalue weighted by atomic mass is 16.5. The van der Waals surface area contributed by atoms with E-state index in [0.29, 0.717) is 5.92 Å². The van der Waals surface area contributed by atoms with Crippen LogP contribution >= 0.6 is 0 Å². The van der Waals surface area contributed by atoms with E-state index in [2.05, 4.69) is 40.1 Å². The molecule has 0 aliphatic carbocycles. The molecule has 1 heterocycles. The van der Waals surface area contributed by atoms with Crippen molar-refractivity contribution in [2.75, 3.05) is 47.4 Å². The van der Waals surface area contributed by atoms with Crippen LogP contribution in [0.4, 0.5) is 0 Å². The number of ether oxygens (including phenoxy) is 1. The molecule has 1 unspecified atom stereocenters. The molecule has 0 aromatic heterocycles. The number of para-hydroxylation sites is 1. The second-order valence-corrected chi connectivity index (χ2v) is 6.50. The van der Waals surface area contributed by atoms with E-state index in [1.807, 2.05) is 25.2 Å². The van der Waals surface area contributed by atoms with E-state index in [9.17, 15) is 0 Å². The predicted molar refractivity (Wildman–Crippen MR) is 101 cm³/mol. The fourth-order valence-electron chi connectivity index (χ4n) is 3.39. The molecule has 24 heavy (non-hydrogen) atoms. The van der Waals surface area contributed by atoms with E-state index in [4.69, 9.17) is 4.74 Å². The van der Waals surface area contributed by atoms with E-state index in [1.165, 1.54) is 31.5 Å². The monoisotopic (exact) mass is 332 g/mol. The molecular weight excluding hydrogens is 300 g/mol. The highest BCUT2D eigenvalue weighted by Crippen LogP contribution is 2.19. The van der Waals surface area contributed by atoms with Crippen LogP contribution in [-0.4, -0.2) is 63.1 Å². The molecule has 1 aromatic carbocycles. The van der Waals surface area contributed by atoms with Gasteiger partial charge in [-0.25, -0.2) is 0 Å². The standard InChI is InChI=1S/C19H32N4O/c1-5-23-12-8-9-16(14-23)13-21-19(20-2)22(3)15-17-10-6-7-11-18(17)24-4/h6-7,10-11,16H,5,8-9,12-15H2,1-4H3,(H,20,21). The minimum atomic E-state index is 0.704. The summed E-state index contributed by atoms with van der Waals surface area (Å²) in [5.41, 5.74) is 1.17. The van der Waals surface area contributed by atoms with Gasteiger partial charge in [0.25, 0.3) is 0 Å². The average Bonchev–Trinajstić information content (AvgIpc) is 2.63. The second kappa shape index (κ2) is 9.52. The van der Waals surface area contributed by atoms with E-state index < -0.39 is 0 Å². The van der Waals surface area contributed by atoms with Crippen LogP contribution < -0.4 is 10.1 Å². The van der Waals surface area contributed by atoms with Gasteiger partial charge in [0.15, 0.2) is 5.96 Å². The molecule has 0 amide bonds. The minimum absolute atomic E-state index is 0.704. The largest absolute Gasteiger partial charge is 0.496 e. The molecule has 0 bridgehead atoms. The molecule has 1 fully saturated rings. The van der Waals surface area contributed by atoms with Crippen molar-refractivity contribution in [3.63, 3.8) is 0 Å². The summed E-state index contributed by atoms with van der Waals surface area (Å²) >= 11 is 0. The van der Waals surface area contributed by atoms with Crippen molar-refractivity contribution in [3.05, 3.63) is 29.8 Å². The third-order valence-electron chi connectivity index (χ3n) is 4.77. The normalized spacial score (nSPS) is 19.2. The van der Waals surface area contributed by atoms with Crippen LogP contribution in [0.25, 0.3) is 0 Å². The Hall–Kier alpha value is -1.75. The van der Waals surface area contributed by atoms with Gasteiger partial charge in [-0.1, -0.05) is 25.1 Å². The Labute approximate surface area is 146 Å². The van der Waals surface area contributed by atoms with Gasteiger partial charge < -0.3 is 19.9 Å². The number of piperidine rings is 1. The Morgan fingerprint density at radius 1 is 1.42 bits per heavy atom. The average molecular weight is 332 g/mol. The number of nitrogens with one attached hydrogen (secondary N) is 1. The minimum Gasteiger partial charge on any atom is -0.496 e. The number of guanidine groups is 1. The van der Waals surface area contributed by atoms with Gasteiger partial charge in [0.1, 0.15) is 5.75 Å². The quantitative estimate of drug-likeness (QED) is 0.642. The Kier molecular flexibility index (Phi) is 7.37. The molecule has 1 aliphatic rings. The Balaban J connectivity index is 1.88. The van der Waals surface area contributed by atoms with Crippen molar-refractivity contribution in [1.29, 1.82) is 0 Å². The van der Waals surface area contributed by atoms with Crippen molar-refractivity contribution in [2.45, 2.75) is 26.3 Å². The summed E-state index contributed by atoms with van der Waals surface area (Å²) in [6.45, 7) is 7.59. The van der Waals surface area contributed by atoms with E-state index in [-0.39, 0.29) is 0 Å². The smallest absolute Gasteiger partial charge is 0.193 e. The molecule has 2 rings (SSSR count). The number of hydrogen-bond acceptors (Lipinski definition) is 3. The van der Waals surface area contributed by atoms with Crippen LogP contribution in [0.2, 0.25) is 0 Å². The number of rotatable bonds is 6. The zero-order chi connectivity index (χ0) is 17.4. The molecule has 1 aliphatic heterocycles. The van der Waals surface area contributed by atoms with Crippen LogP contribution in [0.15, 0.2) is 29.3 Å². The first-order chi connectivity index (χ1) is 11.7. The third kappa shape index (κ3) is 5.13. The fourth-order valence-corrected chi connectivity index (χ4v) is 3.39. The molecule has 5 nitrogen and oxygen atoms in total. The maximum Gasteiger partial charge on any atom is 0.193 e. The summed E-state index contributed by atoms with van der Waals surface area (Å²) < 4.78 is 5.45. The Morgan fingerprint density at radius 3 is 2.92 bits per heavy atom. The van der Waals surface area contributed by atoms with Crippen molar-refractivity contribution in [3.8, 4) is 5.75 Å². The van der Waals surface area contributed by atoms with Crippen molar-refractivity contribution in [2.24, 2.45) is 10.9 Å². The molecule has 1 saturated heterocycles. The van der Waals surface area contributed by atoms with Crippen molar-refractivity contribution >= 4 is 5.96 Å². The molecule has 5 heteroatoms. The molecule has 134 valence electrons. The summed E-state index contributed by atoms with van der Waals surface area (Å²) in [7, 11) is 5.63. The number of methoxy groups -OCH3 is 1. The summed E-state index contributed by atoms with van der Waals surface area (Å²) in [4.78, 5) is 9.13. The number of hydrogen-bond donors (Lipinski definition) is 1. The first-order valence-corrected chi connectivity index (χ1v) is 8.94. The van der Waals surface area contributed by atoms with Gasteiger partial charge in [-0.05, 0) is 37.9 Å². The fraction of sp³-hybridized carbons (Fsp3) is 0.632. The Bertz CT molecular complexity index is 532. The first kappa shape index (κ1) is 18.6. The number of aliphatic imine (C=N–C) groups is 1. The molecular formula is C19H32N4O. The number of likely N-dealkylation sites (tertiary alicyclic amines) is 1. The summed E-state index contributed by atoms with van der Waals surface area (Å²) in [5.74, 6) is 2.57. The van der Waals surface area contributed by atoms with Crippen LogP contribution in [0.3, 0.4) is 0 Å². The van der Waals surface area contributed by atoms with Gasteiger partial charge >= 0.3 is 0 Å². The number of benzene rings is 1. The lowest BCUT2D eigenvalue weighted by atomic mass is 9.98. The molecule has 1 N–H and O–H groups in total. The van der Waals surface area contributed by atoms with Gasteiger partial charge in [0.2, 0.25) is 0 Å². The highest BCUT2D eigenvalue weighted by molar-refractivity contribution is 5.79. The van der Waals surface area contributed by atoms with Crippen molar-refractivity contribution < 1.29 is 4.74 Å². The Morgan fingerprint density at radius 2 is 2.21 bits per heavy atom. The molecule has 0 spiro atoms. The van der Waals surface area contributed by atoms with Crippen LogP contribution in [0.1, 0.15) is 25.3 Å². The van der Waals surface area contributed by atoms with E-state index >= 15 is 0 Å². The molecule has 0 saturated carbocycles. The van der Waals surface area contributed by atoms with Gasteiger partial charge in [-0.15, -0.1) is 0 Å². The van der Waals surface area contributed by atoms with Crippen LogP contribution in [-0.2, 0) is 6.54 Å². The highest BCUT2D eigenvalue weighted by Gasteiger charge is 2.19. The van der Waals surface area contributed by atoms with Gasteiger partial charge in [-0.3, -0.25) is 4.99 Å². The summed E-state index contributed by atoms with van der Waals surface area (Å²) in [6.07, 6.45) is 2.60. The van der Waals surface area contributed by atoms with Crippen LogP contribution in [0.5, 0.6) is 5.75 Å². The van der Waals surface area contributed by atoms with Gasteiger partial charge in [-0.2, -0.15) is 0 Å². The third-order valence-corrected chi connectivity index (χ3v) is 4.77. The van der Waals surface area contributed by atoms with E-state index in [0.717, 1.165) is 31.3 Å². The van der Waals surface area contributed by atoms with E-state index in [1.54, 1.807) is 7.11 Å². The molecule has 1 aromatic rings. The van der Waals surface area contributed by atoms with Crippen LogP contribution in [0, 0.1) is 5.92 Å². The van der Waals surface area contributed by atoms with Crippen molar-refractivity contribution in [1.82, 2.24) is 15.1 Å². The second-order valence-electron chi connectivity index (χ2n) is 6.50. The zero-order valence-electron chi connectivity index (χ0n) is 15.6. The first-order valence-electron chi connectivity index (χ1n) is 8.94. The maximum atomic E-state index is 5.45. The predicted octanol–water partition coefficient (Wildman–Crippen LogP) is 2.43. The summed E-state index contributed by atoms with van der Waals surface area (Å²) in [6, 6.07) is 8.14. The molecule has 1 atom stereocenters. The summed E-state index contributed by atoms with van der Waals surface area (Å²) in [5, 5.41) is 3.55. The number of nitrogens with zero attached hydrogens (tertiary/aromatic N) is 3. The molecule has 0 radical (unpaired) electrons. The van der Waals surface area contributed by atoms with Gasteiger partial charge in [0, 0.05) is 39.3 Å². The maximum absolute atomic E-state index is 5.45. The van der Waals surface area contributed by atoms with Gasteiger partial charge in [0.05, 0.1) is 7.11 Å². The SMILES string of the molecule is CCN1CCCC(CNC(=NC)N(C)Cc2ccccc2OC)C1. The lowest BCUT2D eigenvalue weighted by Gasteiger charge is -2.33. The zero-order valence-corrected chi connectivity index (χ0v) is 15.6.